The molecule has 140 valence electrons. The first kappa shape index (κ1) is 19.2. The van der Waals surface area contributed by atoms with Crippen molar-refractivity contribution in [3.63, 3.8) is 0 Å². The van der Waals surface area contributed by atoms with Crippen molar-refractivity contribution < 1.29 is 17.6 Å². The van der Waals surface area contributed by atoms with Crippen LogP contribution in [0.15, 0.2) is 23.1 Å². The second-order valence-electron chi connectivity index (χ2n) is 5.67. The van der Waals surface area contributed by atoms with Crippen LogP contribution in [-0.4, -0.2) is 59.3 Å². The fourth-order valence-electron chi connectivity index (χ4n) is 2.66. The first-order valence-corrected chi connectivity index (χ1v) is 10.5. The number of benzene rings is 1. The van der Waals surface area contributed by atoms with Gasteiger partial charge in [-0.2, -0.15) is 4.31 Å². The van der Waals surface area contributed by atoms with Crippen LogP contribution in [0.1, 0.15) is 22.3 Å². The van der Waals surface area contributed by atoms with Gasteiger partial charge in [0.05, 0.1) is 15.6 Å². The van der Waals surface area contributed by atoms with E-state index in [0.717, 1.165) is 23.7 Å². The molecule has 1 saturated heterocycles. The molecule has 3 rings (SSSR count). The van der Waals surface area contributed by atoms with Crippen molar-refractivity contribution in [2.45, 2.75) is 18.2 Å². The van der Waals surface area contributed by atoms with Gasteiger partial charge in [-0.3, -0.25) is 4.79 Å². The van der Waals surface area contributed by atoms with E-state index in [0.29, 0.717) is 17.0 Å². The summed E-state index contributed by atoms with van der Waals surface area (Å²) in [6, 6.07) is 3.31. The van der Waals surface area contributed by atoms with Gasteiger partial charge in [-0.15, -0.1) is 5.10 Å². The summed E-state index contributed by atoms with van der Waals surface area (Å²) in [6.07, 6.45) is 0.608. The third-order valence-electron chi connectivity index (χ3n) is 4.14. The lowest BCUT2D eigenvalue weighted by Crippen LogP contribution is -2.50. The summed E-state index contributed by atoms with van der Waals surface area (Å²) in [4.78, 5) is 14.6. The molecule has 11 heteroatoms. The Kier molecular flexibility index (Phi) is 5.56. The van der Waals surface area contributed by atoms with E-state index in [1.807, 2.05) is 6.92 Å². The molecule has 26 heavy (non-hydrogen) atoms. The monoisotopic (exact) mass is 418 g/mol. The molecule has 1 aliphatic rings. The summed E-state index contributed by atoms with van der Waals surface area (Å²) in [5.74, 6) is -0.857. The summed E-state index contributed by atoms with van der Waals surface area (Å²) >= 11 is 6.74. The van der Waals surface area contributed by atoms with Gasteiger partial charge in [-0.25, -0.2) is 12.8 Å². The SMILES string of the molecule is CCc1nnsc1C(=O)N1CCN(S(=O)(=O)c2ccc(F)c(Cl)c2)CC1. The van der Waals surface area contributed by atoms with Crippen LogP contribution in [0, 0.1) is 5.82 Å². The van der Waals surface area contributed by atoms with Crippen LogP contribution in [-0.2, 0) is 16.4 Å². The number of rotatable bonds is 4. The minimum absolute atomic E-state index is 0.0661. The third-order valence-corrected chi connectivity index (χ3v) is 7.08. The normalized spacial score (nSPS) is 16.0. The first-order chi connectivity index (χ1) is 12.3. The highest BCUT2D eigenvalue weighted by Gasteiger charge is 2.32. The van der Waals surface area contributed by atoms with Crippen LogP contribution in [0.25, 0.3) is 0 Å². The Balaban J connectivity index is 1.71. The molecule has 1 aromatic carbocycles. The van der Waals surface area contributed by atoms with E-state index in [1.165, 1.54) is 10.4 Å². The molecule has 1 fully saturated rings. The maximum absolute atomic E-state index is 13.3. The number of sulfonamides is 1. The molecule has 0 aliphatic carbocycles. The molecule has 0 saturated carbocycles. The molecule has 0 bridgehead atoms. The lowest BCUT2D eigenvalue weighted by Gasteiger charge is -2.33. The predicted molar refractivity (Wildman–Crippen MR) is 95.4 cm³/mol. The van der Waals surface area contributed by atoms with E-state index >= 15 is 0 Å². The number of carbonyl (C=O) groups excluding carboxylic acids is 1. The van der Waals surface area contributed by atoms with Crippen LogP contribution in [0.4, 0.5) is 4.39 Å². The Morgan fingerprint density at radius 1 is 1.31 bits per heavy atom. The summed E-state index contributed by atoms with van der Waals surface area (Å²) in [5.41, 5.74) is 0.649. The number of piperazine rings is 1. The fraction of sp³-hybridized carbons (Fsp3) is 0.400. The molecule has 0 radical (unpaired) electrons. The Morgan fingerprint density at radius 2 is 2.00 bits per heavy atom. The Morgan fingerprint density at radius 3 is 2.62 bits per heavy atom. The molecule has 1 aliphatic heterocycles. The number of nitrogens with zero attached hydrogens (tertiary/aromatic N) is 4. The van der Waals surface area contributed by atoms with Crippen molar-refractivity contribution in [2.24, 2.45) is 0 Å². The highest BCUT2D eigenvalue weighted by atomic mass is 35.5. The number of aryl methyl sites for hydroxylation is 1. The Bertz CT molecular complexity index is 927. The minimum atomic E-state index is -3.79. The standard InChI is InChI=1S/C15H16ClFN4O3S2/c1-2-13-14(25-19-18-13)15(22)20-5-7-21(8-6-20)26(23,24)10-3-4-12(17)11(16)9-10/h3-4,9H,2,5-8H2,1H3. The second-order valence-corrected chi connectivity index (χ2v) is 8.77. The number of amides is 1. The van der Waals surface area contributed by atoms with Gasteiger partial charge in [0.25, 0.3) is 5.91 Å². The maximum atomic E-state index is 13.3. The van der Waals surface area contributed by atoms with Crippen molar-refractivity contribution >= 4 is 39.1 Å². The van der Waals surface area contributed by atoms with E-state index in [4.69, 9.17) is 11.6 Å². The Hall–Kier alpha value is -1.62. The lowest BCUT2D eigenvalue weighted by molar-refractivity contribution is 0.0701. The Labute approximate surface area is 159 Å². The zero-order chi connectivity index (χ0) is 18.9. The van der Waals surface area contributed by atoms with Crippen LogP contribution >= 0.6 is 23.1 Å². The lowest BCUT2D eigenvalue weighted by atomic mass is 10.2. The van der Waals surface area contributed by atoms with Gasteiger partial charge in [0.2, 0.25) is 10.0 Å². The predicted octanol–water partition coefficient (Wildman–Crippen LogP) is 2.04. The van der Waals surface area contributed by atoms with Gasteiger partial charge in [0.15, 0.2) is 0 Å². The van der Waals surface area contributed by atoms with E-state index in [9.17, 15) is 17.6 Å². The van der Waals surface area contributed by atoms with E-state index in [1.54, 1.807) is 4.90 Å². The summed E-state index contributed by atoms with van der Waals surface area (Å²) in [5, 5.41) is 3.69. The van der Waals surface area contributed by atoms with Gasteiger partial charge in [0, 0.05) is 26.2 Å². The van der Waals surface area contributed by atoms with Crippen molar-refractivity contribution in [1.82, 2.24) is 18.8 Å². The van der Waals surface area contributed by atoms with Crippen molar-refractivity contribution in [1.29, 1.82) is 0 Å². The van der Waals surface area contributed by atoms with Crippen LogP contribution in [0.2, 0.25) is 5.02 Å². The largest absolute Gasteiger partial charge is 0.335 e. The molecule has 1 amide bonds. The molecule has 1 aromatic heterocycles. The maximum Gasteiger partial charge on any atom is 0.267 e. The number of halogens is 2. The molecule has 2 aromatic rings. The fourth-order valence-corrected chi connectivity index (χ4v) is 5.08. The molecular formula is C15H16ClFN4O3S2. The van der Waals surface area contributed by atoms with Gasteiger partial charge in [0.1, 0.15) is 10.7 Å². The molecular weight excluding hydrogens is 403 g/mol. The smallest absolute Gasteiger partial charge is 0.267 e. The highest BCUT2D eigenvalue weighted by Crippen LogP contribution is 2.24. The van der Waals surface area contributed by atoms with Crippen LogP contribution in [0.5, 0.6) is 0 Å². The number of hydrogen-bond donors (Lipinski definition) is 0. The summed E-state index contributed by atoms with van der Waals surface area (Å²) < 4.78 is 43.7. The first-order valence-electron chi connectivity index (χ1n) is 7.90. The molecule has 0 unspecified atom stereocenters. The van der Waals surface area contributed by atoms with Crippen LogP contribution in [0.3, 0.4) is 0 Å². The van der Waals surface area contributed by atoms with Crippen LogP contribution < -0.4 is 0 Å². The number of carbonyl (C=O) groups is 1. The van der Waals surface area contributed by atoms with E-state index in [2.05, 4.69) is 9.59 Å². The second kappa shape index (κ2) is 7.55. The molecule has 0 atom stereocenters. The zero-order valence-electron chi connectivity index (χ0n) is 13.9. The van der Waals surface area contributed by atoms with Crippen molar-refractivity contribution in [3.05, 3.63) is 39.6 Å². The van der Waals surface area contributed by atoms with Gasteiger partial charge in [-0.05, 0) is 36.2 Å². The summed E-state index contributed by atoms with van der Waals surface area (Å²) in [7, 11) is -3.79. The number of aromatic nitrogens is 2. The van der Waals surface area contributed by atoms with Gasteiger partial charge in [-0.1, -0.05) is 23.0 Å². The average molecular weight is 419 g/mol. The third kappa shape index (κ3) is 3.59. The molecule has 0 spiro atoms. The van der Waals surface area contributed by atoms with Crippen molar-refractivity contribution in [3.8, 4) is 0 Å². The molecule has 2 heterocycles. The minimum Gasteiger partial charge on any atom is -0.335 e. The van der Waals surface area contributed by atoms with E-state index in [-0.39, 0.29) is 42.0 Å². The molecule has 7 nitrogen and oxygen atoms in total. The van der Waals surface area contributed by atoms with Gasteiger partial charge < -0.3 is 4.90 Å². The number of hydrogen-bond acceptors (Lipinski definition) is 6. The summed E-state index contributed by atoms with van der Waals surface area (Å²) in [6.45, 7) is 2.71. The van der Waals surface area contributed by atoms with Crippen molar-refractivity contribution in [2.75, 3.05) is 26.2 Å². The van der Waals surface area contributed by atoms with Gasteiger partial charge >= 0.3 is 0 Å². The topological polar surface area (TPSA) is 83.5 Å². The quantitative estimate of drug-likeness (QED) is 0.758. The average Bonchev–Trinajstić information content (AvgIpc) is 3.12. The zero-order valence-corrected chi connectivity index (χ0v) is 16.2. The highest BCUT2D eigenvalue weighted by molar-refractivity contribution is 7.89. The molecule has 0 N–H and O–H groups in total. The van der Waals surface area contributed by atoms with E-state index < -0.39 is 15.8 Å².